The highest BCUT2D eigenvalue weighted by molar-refractivity contribution is 8.21. The zero-order valence-corrected chi connectivity index (χ0v) is 14.7. The molecule has 3 rings (SSSR count). The summed E-state index contributed by atoms with van der Waals surface area (Å²) in [7, 11) is 0. The number of rotatable bonds is 5. The van der Waals surface area contributed by atoms with E-state index < -0.39 is 0 Å². The molecule has 0 aromatic heterocycles. The molecule has 0 bridgehead atoms. The van der Waals surface area contributed by atoms with Crippen molar-refractivity contribution in [2.24, 2.45) is 5.92 Å². The molecule has 5 heteroatoms. The van der Waals surface area contributed by atoms with Crippen molar-refractivity contribution in [3.63, 3.8) is 0 Å². The number of benzene rings is 1. The molecule has 3 nitrogen and oxygen atoms in total. The Morgan fingerprint density at radius 1 is 1.32 bits per heavy atom. The summed E-state index contributed by atoms with van der Waals surface area (Å²) in [5.41, 5.74) is 1.37. The standard InChI is InChI=1S/C17H24N2OS2/c1-13(18-16(20)17-21-9-10-22-17)15-7-8-19(12-15)11-14-5-3-2-4-6-14/h2-6,13,15,17H,7-12H2,1H3,(H,18,20)/t13-,15+/m1/s1. The van der Waals surface area contributed by atoms with E-state index >= 15 is 0 Å². The molecule has 1 amide bonds. The largest absolute Gasteiger partial charge is 0.352 e. The number of likely N-dealkylation sites (tertiary alicyclic amines) is 1. The lowest BCUT2D eigenvalue weighted by Crippen LogP contribution is -2.42. The zero-order chi connectivity index (χ0) is 15.4. The average Bonchev–Trinajstić information content (AvgIpc) is 3.19. The summed E-state index contributed by atoms with van der Waals surface area (Å²) in [5, 5.41) is 3.24. The summed E-state index contributed by atoms with van der Waals surface area (Å²) in [6, 6.07) is 10.9. The molecule has 2 atom stereocenters. The highest BCUT2D eigenvalue weighted by atomic mass is 32.2. The molecule has 22 heavy (non-hydrogen) atoms. The third-order valence-electron chi connectivity index (χ3n) is 4.47. The van der Waals surface area contributed by atoms with Gasteiger partial charge in [0.15, 0.2) is 0 Å². The first-order valence-electron chi connectivity index (χ1n) is 8.02. The lowest BCUT2D eigenvalue weighted by atomic mass is 10.0. The second-order valence-corrected chi connectivity index (χ2v) is 8.86. The Balaban J connectivity index is 1.46. The van der Waals surface area contributed by atoms with Crippen molar-refractivity contribution in [3.8, 4) is 0 Å². The van der Waals surface area contributed by atoms with Crippen molar-refractivity contribution in [1.82, 2.24) is 10.2 Å². The van der Waals surface area contributed by atoms with E-state index in [1.165, 1.54) is 12.0 Å². The van der Waals surface area contributed by atoms with Gasteiger partial charge in [-0.15, -0.1) is 23.5 Å². The van der Waals surface area contributed by atoms with Crippen LogP contribution in [0.1, 0.15) is 18.9 Å². The first-order chi connectivity index (χ1) is 10.7. The molecule has 120 valence electrons. The van der Waals surface area contributed by atoms with E-state index in [0.29, 0.717) is 5.92 Å². The van der Waals surface area contributed by atoms with Gasteiger partial charge in [0.1, 0.15) is 4.58 Å². The quantitative estimate of drug-likeness (QED) is 0.896. The van der Waals surface area contributed by atoms with Crippen LogP contribution in [0.3, 0.4) is 0 Å². The first kappa shape index (κ1) is 16.2. The van der Waals surface area contributed by atoms with Crippen LogP contribution in [0.4, 0.5) is 0 Å². The lowest BCUT2D eigenvalue weighted by molar-refractivity contribution is -0.120. The molecule has 2 aliphatic rings. The predicted octanol–water partition coefficient (Wildman–Crippen LogP) is 2.82. The van der Waals surface area contributed by atoms with Gasteiger partial charge in [-0.3, -0.25) is 9.69 Å². The van der Waals surface area contributed by atoms with Crippen LogP contribution >= 0.6 is 23.5 Å². The van der Waals surface area contributed by atoms with Crippen molar-refractivity contribution in [1.29, 1.82) is 0 Å². The molecule has 2 aliphatic heterocycles. The molecule has 0 spiro atoms. The monoisotopic (exact) mass is 336 g/mol. The van der Waals surface area contributed by atoms with Gasteiger partial charge in [-0.05, 0) is 31.4 Å². The van der Waals surface area contributed by atoms with Crippen molar-refractivity contribution < 1.29 is 4.79 Å². The number of hydrogen-bond donors (Lipinski definition) is 1. The lowest BCUT2D eigenvalue weighted by Gasteiger charge is -2.23. The maximum Gasteiger partial charge on any atom is 0.243 e. The maximum atomic E-state index is 12.2. The van der Waals surface area contributed by atoms with Gasteiger partial charge in [-0.2, -0.15) is 0 Å². The highest BCUT2D eigenvalue weighted by Gasteiger charge is 2.30. The summed E-state index contributed by atoms with van der Waals surface area (Å²) in [6.45, 7) is 5.40. The van der Waals surface area contributed by atoms with Gasteiger partial charge in [-0.1, -0.05) is 30.3 Å². The fourth-order valence-electron chi connectivity index (χ4n) is 3.18. The number of carbonyl (C=O) groups is 1. The van der Waals surface area contributed by atoms with E-state index in [4.69, 9.17) is 0 Å². The molecule has 1 aromatic carbocycles. The second-order valence-electron chi connectivity index (χ2n) is 6.14. The normalized spacial score (nSPS) is 24.5. The van der Waals surface area contributed by atoms with Crippen molar-refractivity contribution >= 4 is 29.4 Å². The predicted molar refractivity (Wildman–Crippen MR) is 96.1 cm³/mol. The molecule has 2 heterocycles. The minimum Gasteiger partial charge on any atom is -0.352 e. The topological polar surface area (TPSA) is 32.3 Å². The minimum absolute atomic E-state index is 0.115. The van der Waals surface area contributed by atoms with Gasteiger partial charge >= 0.3 is 0 Å². The molecule has 0 aliphatic carbocycles. The molecule has 0 unspecified atom stereocenters. The van der Waals surface area contributed by atoms with E-state index in [9.17, 15) is 4.79 Å². The Kier molecular flexibility index (Phi) is 5.71. The molecule has 1 N–H and O–H groups in total. The van der Waals surface area contributed by atoms with E-state index in [1.807, 2.05) is 0 Å². The van der Waals surface area contributed by atoms with Crippen LogP contribution in [0.5, 0.6) is 0 Å². The van der Waals surface area contributed by atoms with Crippen LogP contribution in [0, 0.1) is 5.92 Å². The number of nitrogens with zero attached hydrogens (tertiary/aromatic N) is 1. The van der Waals surface area contributed by atoms with Gasteiger partial charge in [0.25, 0.3) is 0 Å². The molecule has 2 fully saturated rings. The Hall–Kier alpha value is -0.650. The molecule has 0 radical (unpaired) electrons. The Labute approximate surface area is 141 Å². The van der Waals surface area contributed by atoms with Crippen LogP contribution in [-0.2, 0) is 11.3 Å². The number of hydrogen-bond acceptors (Lipinski definition) is 4. The molecule has 0 saturated carbocycles. The number of amides is 1. The van der Waals surface area contributed by atoms with Crippen LogP contribution in [0.15, 0.2) is 30.3 Å². The summed E-state index contributed by atoms with van der Waals surface area (Å²) in [4.78, 5) is 14.7. The smallest absolute Gasteiger partial charge is 0.243 e. The van der Waals surface area contributed by atoms with E-state index in [-0.39, 0.29) is 16.5 Å². The summed E-state index contributed by atoms with van der Waals surface area (Å²) in [6.07, 6.45) is 1.18. The average molecular weight is 337 g/mol. The van der Waals surface area contributed by atoms with Crippen LogP contribution in [-0.4, -0.2) is 46.0 Å². The molecule has 1 aromatic rings. The molecule has 2 saturated heterocycles. The third-order valence-corrected chi connectivity index (χ3v) is 7.46. The van der Waals surface area contributed by atoms with Gasteiger partial charge in [-0.25, -0.2) is 0 Å². The minimum atomic E-state index is 0.115. The summed E-state index contributed by atoms with van der Waals surface area (Å²) >= 11 is 3.56. The van der Waals surface area contributed by atoms with E-state index in [1.54, 1.807) is 23.5 Å². The van der Waals surface area contributed by atoms with E-state index in [2.05, 4.69) is 47.5 Å². The van der Waals surface area contributed by atoms with Crippen LogP contribution in [0.2, 0.25) is 0 Å². The van der Waals surface area contributed by atoms with Crippen molar-refractivity contribution in [3.05, 3.63) is 35.9 Å². The van der Waals surface area contributed by atoms with Gasteiger partial charge < -0.3 is 5.32 Å². The number of thioether (sulfide) groups is 2. The van der Waals surface area contributed by atoms with Crippen LogP contribution < -0.4 is 5.32 Å². The Morgan fingerprint density at radius 2 is 2.05 bits per heavy atom. The Morgan fingerprint density at radius 3 is 2.77 bits per heavy atom. The van der Waals surface area contributed by atoms with Gasteiger partial charge in [0, 0.05) is 30.6 Å². The molecular formula is C17H24N2OS2. The van der Waals surface area contributed by atoms with Crippen molar-refractivity contribution in [2.75, 3.05) is 24.6 Å². The number of nitrogens with one attached hydrogen (secondary N) is 1. The summed E-state index contributed by atoms with van der Waals surface area (Å²) < 4.78 is 0.115. The SMILES string of the molecule is C[C@@H](NC(=O)C1SCCS1)[C@H]1CCN(Cc2ccccc2)C1. The fraction of sp³-hybridized carbons (Fsp3) is 0.588. The fourth-order valence-corrected chi connectivity index (χ4v) is 5.78. The summed E-state index contributed by atoms with van der Waals surface area (Å²) in [5.74, 6) is 3.00. The van der Waals surface area contributed by atoms with E-state index in [0.717, 1.165) is 31.1 Å². The Bertz CT molecular complexity index is 491. The first-order valence-corrected chi connectivity index (χ1v) is 10.1. The molecular weight excluding hydrogens is 312 g/mol. The van der Waals surface area contributed by atoms with Gasteiger partial charge in [0.2, 0.25) is 5.91 Å². The number of carbonyl (C=O) groups excluding carboxylic acids is 1. The van der Waals surface area contributed by atoms with Crippen molar-refractivity contribution in [2.45, 2.75) is 30.5 Å². The highest BCUT2D eigenvalue weighted by Crippen LogP contribution is 2.32. The zero-order valence-electron chi connectivity index (χ0n) is 13.0. The maximum absolute atomic E-state index is 12.2. The van der Waals surface area contributed by atoms with Crippen LogP contribution in [0.25, 0.3) is 0 Å². The van der Waals surface area contributed by atoms with Gasteiger partial charge in [0.05, 0.1) is 0 Å². The third kappa shape index (κ3) is 4.21. The second kappa shape index (κ2) is 7.75.